The van der Waals surface area contributed by atoms with E-state index in [-0.39, 0.29) is 28.9 Å². The molecule has 0 heterocycles. The molecule has 0 saturated heterocycles. The topological polar surface area (TPSA) is 63.2 Å². The van der Waals surface area contributed by atoms with Gasteiger partial charge in [0.2, 0.25) is 0 Å². The summed E-state index contributed by atoms with van der Waals surface area (Å²) in [4.78, 5) is 11.6. The van der Waals surface area contributed by atoms with Crippen LogP contribution in [-0.2, 0) is 25.3 Å². The molecule has 0 N–H and O–H groups in total. The van der Waals surface area contributed by atoms with Gasteiger partial charge in [-0.05, 0) is 35.8 Å². The molecule has 0 amide bonds. The second kappa shape index (κ2) is 12.4. The number of esters is 1. The summed E-state index contributed by atoms with van der Waals surface area (Å²) in [6.45, 7) is 16.4. The molecule has 0 spiro atoms. The zero-order chi connectivity index (χ0) is 24.5. The molecule has 6 nitrogen and oxygen atoms in total. The van der Waals surface area contributed by atoms with Crippen LogP contribution in [0.4, 0.5) is 0 Å². The summed E-state index contributed by atoms with van der Waals surface area (Å²) in [6.07, 6.45) is 3.15. The van der Waals surface area contributed by atoms with Gasteiger partial charge in [-0.25, -0.2) is 4.79 Å². The summed E-state index contributed by atoms with van der Waals surface area (Å²) in [5.41, 5.74) is 0.981. The molecule has 0 aliphatic rings. The van der Waals surface area contributed by atoms with E-state index in [0.29, 0.717) is 24.7 Å². The van der Waals surface area contributed by atoms with E-state index in [0.717, 1.165) is 5.56 Å². The largest absolute Gasteiger partial charge is 0.493 e. The van der Waals surface area contributed by atoms with Crippen LogP contribution in [0.2, 0.25) is 18.1 Å². The number of methoxy groups -OCH3 is 3. The van der Waals surface area contributed by atoms with Crippen LogP contribution in [0.5, 0.6) is 11.5 Å². The second-order valence-corrected chi connectivity index (χ2v) is 14.6. The Kier molecular flexibility index (Phi) is 10.9. The van der Waals surface area contributed by atoms with Gasteiger partial charge < -0.3 is 23.4 Å². The summed E-state index contributed by atoms with van der Waals surface area (Å²) in [7, 11) is 2.73. The molecule has 0 bridgehead atoms. The first-order valence-corrected chi connectivity index (χ1v) is 14.0. The van der Waals surface area contributed by atoms with Gasteiger partial charge in [-0.1, -0.05) is 46.8 Å². The van der Waals surface area contributed by atoms with Crippen molar-refractivity contribution in [1.29, 1.82) is 0 Å². The first kappa shape index (κ1) is 28.2. The summed E-state index contributed by atoms with van der Waals surface area (Å²) in [6, 6.07) is 5.75. The predicted octanol–water partition coefficient (Wildman–Crippen LogP) is 5.61. The van der Waals surface area contributed by atoms with Gasteiger partial charge in [-0.3, -0.25) is 0 Å². The number of hydrogen-bond acceptors (Lipinski definition) is 6. The molecular weight excluding hydrogens is 424 g/mol. The van der Waals surface area contributed by atoms with E-state index in [1.807, 2.05) is 31.2 Å². The summed E-state index contributed by atoms with van der Waals surface area (Å²) in [5.74, 6) is 1.09. The van der Waals surface area contributed by atoms with Gasteiger partial charge in [0.05, 0.1) is 34.0 Å². The molecule has 1 rings (SSSR count). The number of ether oxygens (including phenoxy) is 4. The third kappa shape index (κ3) is 8.26. The van der Waals surface area contributed by atoms with Gasteiger partial charge in [0, 0.05) is 24.5 Å². The lowest BCUT2D eigenvalue weighted by Gasteiger charge is -2.38. The molecule has 0 aromatic heterocycles. The first-order chi connectivity index (χ1) is 14.9. The molecule has 0 unspecified atom stereocenters. The van der Waals surface area contributed by atoms with Crippen molar-refractivity contribution in [3.05, 3.63) is 35.9 Å². The molecular formula is C25H42O6Si. The molecule has 1 aromatic carbocycles. The standard InChI is InChI=1S/C25H42O6Si/c1-18(11-14-23(26)29-8)24(19(2)16-31-32(9,10)25(3,4)5)30-17-20-12-13-21(27-6)22(15-20)28-7/h11-15,18-19,24H,16-17H2,1-10H3/b14-11+/t18-,19+,24+/m0/s1. The Morgan fingerprint density at radius 3 is 2.22 bits per heavy atom. The maximum atomic E-state index is 11.6. The third-order valence-corrected chi connectivity index (χ3v) is 10.7. The van der Waals surface area contributed by atoms with Crippen LogP contribution in [0.3, 0.4) is 0 Å². The maximum Gasteiger partial charge on any atom is 0.330 e. The van der Waals surface area contributed by atoms with Gasteiger partial charge in [0.25, 0.3) is 0 Å². The number of hydrogen-bond donors (Lipinski definition) is 0. The van der Waals surface area contributed by atoms with Crippen molar-refractivity contribution in [2.45, 2.75) is 65.5 Å². The monoisotopic (exact) mass is 466 g/mol. The lowest BCUT2D eigenvalue weighted by Crippen LogP contribution is -2.43. The fourth-order valence-electron chi connectivity index (χ4n) is 3.06. The Balaban J connectivity index is 2.99. The molecule has 0 radical (unpaired) electrons. The molecule has 0 fully saturated rings. The number of carbonyl (C=O) groups excluding carboxylic acids is 1. The third-order valence-electron chi connectivity index (χ3n) is 6.22. The predicted molar refractivity (Wildman–Crippen MR) is 131 cm³/mol. The smallest absolute Gasteiger partial charge is 0.330 e. The quantitative estimate of drug-likeness (QED) is 0.227. The van der Waals surface area contributed by atoms with Crippen LogP contribution in [0.25, 0.3) is 0 Å². The first-order valence-electron chi connectivity index (χ1n) is 11.1. The fraction of sp³-hybridized carbons (Fsp3) is 0.640. The highest BCUT2D eigenvalue weighted by Crippen LogP contribution is 2.37. The van der Waals surface area contributed by atoms with Gasteiger partial charge >= 0.3 is 5.97 Å². The number of rotatable bonds is 12. The highest BCUT2D eigenvalue weighted by atomic mass is 28.4. The highest BCUT2D eigenvalue weighted by Gasteiger charge is 2.38. The van der Waals surface area contributed by atoms with Crippen LogP contribution in [0.15, 0.2) is 30.4 Å². The fourth-order valence-corrected chi connectivity index (χ4v) is 4.17. The van der Waals surface area contributed by atoms with Gasteiger partial charge in [0.1, 0.15) is 0 Å². The molecule has 32 heavy (non-hydrogen) atoms. The van der Waals surface area contributed by atoms with Crippen molar-refractivity contribution in [3.63, 3.8) is 0 Å². The van der Waals surface area contributed by atoms with E-state index < -0.39 is 8.32 Å². The van der Waals surface area contributed by atoms with Crippen LogP contribution in [0, 0.1) is 11.8 Å². The lowest BCUT2D eigenvalue weighted by atomic mass is 9.93. The van der Waals surface area contributed by atoms with Gasteiger partial charge in [-0.2, -0.15) is 0 Å². The Morgan fingerprint density at radius 2 is 1.69 bits per heavy atom. The molecule has 182 valence electrons. The minimum absolute atomic E-state index is 0.00717. The van der Waals surface area contributed by atoms with E-state index in [1.165, 1.54) is 13.2 Å². The summed E-state index contributed by atoms with van der Waals surface area (Å²) < 4.78 is 28.3. The van der Waals surface area contributed by atoms with E-state index >= 15 is 0 Å². The maximum absolute atomic E-state index is 11.6. The SMILES string of the molecule is COC(=O)/C=C/[C@H](C)[C@@H](OCc1ccc(OC)c(OC)c1)[C@H](C)CO[Si](C)(C)C(C)(C)C. The lowest BCUT2D eigenvalue weighted by molar-refractivity contribution is -0.134. The average molecular weight is 467 g/mol. The van der Waals surface area contributed by atoms with Gasteiger partial charge in [0.15, 0.2) is 19.8 Å². The zero-order valence-electron chi connectivity index (χ0n) is 21.5. The molecule has 7 heteroatoms. The molecule has 1 aromatic rings. The minimum atomic E-state index is -1.88. The molecule has 0 saturated carbocycles. The Bertz CT molecular complexity index is 753. The van der Waals surface area contributed by atoms with Crippen molar-refractivity contribution in [1.82, 2.24) is 0 Å². The zero-order valence-corrected chi connectivity index (χ0v) is 22.5. The van der Waals surface area contributed by atoms with Gasteiger partial charge in [-0.15, -0.1) is 0 Å². The number of carbonyl (C=O) groups is 1. The van der Waals surface area contributed by atoms with E-state index in [9.17, 15) is 4.79 Å². The van der Waals surface area contributed by atoms with Crippen LogP contribution in [-0.4, -0.2) is 48.3 Å². The minimum Gasteiger partial charge on any atom is -0.493 e. The highest BCUT2D eigenvalue weighted by molar-refractivity contribution is 6.74. The van der Waals surface area contributed by atoms with Crippen LogP contribution >= 0.6 is 0 Å². The van der Waals surface area contributed by atoms with E-state index in [1.54, 1.807) is 14.2 Å². The Labute approximate surface area is 195 Å². The molecule has 3 atom stereocenters. The van der Waals surface area contributed by atoms with E-state index in [4.69, 9.17) is 23.4 Å². The van der Waals surface area contributed by atoms with Crippen molar-refractivity contribution < 1.29 is 28.2 Å². The van der Waals surface area contributed by atoms with Crippen molar-refractivity contribution >= 4 is 14.3 Å². The van der Waals surface area contributed by atoms with E-state index in [2.05, 4.69) is 40.8 Å². The Hall–Kier alpha value is -1.83. The van der Waals surface area contributed by atoms with Crippen molar-refractivity contribution in [3.8, 4) is 11.5 Å². The molecule has 0 aliphatic heterocycles. The van der Waals surface area contributed by atoms with Crippen molar-refractivity contribution in [2.75, 3.05) is 27.9 Å². The summed E-state index contributed by atoms with van der Waals surface area (Å²) >= 11 is 0. The van der Waals surface area contributed by atoms with Crippen LogP contribution < -0.4 is 9.47 Å². The molecule has 0 aliphatic carbocycles. The summed E-state index contributed by atoms with van der Waals surface area (Å²) in [5, 5.41) is 0.138. The average Bonchev–Trinajstić information content (AvgIpc) is 2.74. The van der Waals surface area contributed by atoms with Crippen molar-refractivity contribution in [2.24, 2.45) is 11.8 Å². The second-order valence-electron chi connectivity index (χ2n) is 9.75. The number of benzene rings is 1. The normalized spacial score (nSPS) is 15.3. The van der Waals surface area contributed by atoms with Crippen LogP contribution in [0.1, 0.15) is 40.2 Å². The Morgan fingerprint density at radius 1 is 1.06 bits per heavy atom.